The Morgan fingerprint density at radius 2 is 2.00 bits per heavy atom. The maximum Gasteiger partial charge on any atom is 0.178 e. The van der Waals surface area contributed by atoms with E-state index in [1.54, 1.807) is 19.5 Å². The van der Waals surface area contributed by atoms with Crippen LogP contribution in [0.25, 0.3) is 11.3 Å². The third-order valence-electron chi connectivity index (χ3n) is 4.54. The number of benzene rings is 1. The Balaban J connectivity index is 1.90. The summed E-state index contributed by atoms with van der Waals surface area (Å²) in [7, 11) is 1.63. The maximum absolute atomic E-state index is 12.6. The van der Waals surface area contributed by atoms with E-state index in [9.17, 15) is 4.79 Å². The first-order valence-corrected chi connectivity index (χ1v) is 8.28. The molecule has 0 saturated carbocycles. The van der Waals surface area contributed by atoms with Crippen LogP contribution in [-0.2, 0) is 13.0 Å². The van der Waals surface area contributed by atoms with Gasteiger partial charge in [-0.15, -0.1) is 0 Å². The lowest BCUT2D eigenvalue weighted by molar-refractivity contribution is 0.0981. The number of nitrogens with one attached hydrogen (secondary N) is 2. The summed E-state index contributed by atoms with van der Waals surface area (Å²) in [4.78, 5) is 20.2. The van der Waals surface area contributed by atoms with Crippen molar-refractivity contribution in [2.24, 2.45) is 0 Å². The zero-order valence-corrected chi connectivity index (χ0v) is 14.0. The summed E-state index contributed by atoms with van der Waals surface area (Å²) in [5, 5.41) is 3.15. The quantitative estimate of drug-likeness (QED) is 0.770. The summed E-state index contributed by atoms with van der Waals surface area (Å²) in [5.41, 5.74) is 5.81. The second-order valence-electron chi connectivity index (χ2n) is 6.10. The molecule has 25 heavy (non-hydrogen) atoms. The Labute approximate surface area is 146 Å². The van der Waals surface area contributed by atoms with E-state index >= 15 is 0 Å². The number of hydrogen-bond acceptors (Lipinski definition) is 4. The molecule has 2 N–H and O–H groups in total. The Kier molecular flexibility index (Phi) is 4.07. The first kappa shape index (κ1) is 15.6. The number of methoxy groups -OCH3 is 1. The Morgan fingerprint density at radius 3 is 2.80 bits per heavy atom. The summed E-state index contributed by atoms with van der Waals surface area (Å²) in [6, 6.07) is 12.1. The van der Waals surface area contributed by atoms with Crippen molar-refractivity contribution in [2.75, 3.05) is 13.7 Å². The second kappa shape index (κ2) is 6.53. The van der Waals surface area contributed by atoms with Crippen LogP contribution in [0.5, 0.6) is 5.75 Å². The molecule has 3 heterocycles. The Bertz CT molecular complexity index is 916. The first-order chi connectivity index (χ1) is 12.3. The van der Waals surface area contributed by atoms with Crippen LogP contribution in [0, 0.1) is 0 Å². The van der Waals surface area contributed by atoms with E-state index in [1.807, 2.05) is 24.3 Å². The minimum absolute atomic E-state index is 0.128. The molecular formula is C20H19N3O2. The van der Waals surface area contributed by atoms with E-state index in [1.165, 1.54) is 5.56 Å². The molecule has 3 aromatic rings. The largest absolute Gasteiger partial charge is 0.494 e. The summed E-state index contributed by atoms with van der Waals surface area (Å²) in [6.07, 6.45) is 4.13. The number of carbonyl (C=O) groups excluding carboxylic acids is 1. The van der Waals surface area contributed by atoms with E-state index in [-0.39, 0.29) is 5.78 Å². The molecule has 0 aliphatic carbocycles. The van der Waals surface area contributed by atoms with Crippen molar-refractivity contribution in [2.45, 2.75) is 13.0 Å². The number of pyridine rings is 1. The highest BCUT2D eigenvalue weighted by Crippen LogP contribution is 2.36. The third kappa shape index (κ3) is 2.83. The summed E-state index contributed by atoms with van der Waals surface area (Å²) in [6.45, 7) is 1.04. The molecule has 1 aliphatic heterocycles. The van der Waals surface area contributed by atoms with Crippen molar-refractivity contribution < 1.29 is 9.53 Å². The number of hydrogen-bond donors (Lipinski definition) is 2. The number of rotatable bonds is 4. The smallest absolute Gasteiger partial charge is 0.178 e. The standard InChI is InChI=1S/C20H19N3O2/c1-25-18-12-21-8-7-14(18)20-15(9-13-5-3-2-4-6-13)19-16(23-20)10-22-11-17(19)24/h2-8,12,22-23H,9-11H2,1H3. The van der Waals surface area contributed by atoms with Crippen LogP contribution in [-0.4, -0.2) is 29.4 Å². The average molecular weight is 333 g/mol. The van der Waals surface area contributed by atoms with Crippen molar-refractivity contribution in [3.05, 3.63) is 71.2 Å². The number of fused-ring (bicyclic) bond motifs is 1. The highest BCUT2D eigenvalue weighted by atomic mass is 16.5. The zero-order chi connectivity index (χ0) is 17.2. The number of aromatic amines is 1. The molecule has 2 aromatic heterocycles. The van der Waals surface area contributed by atoms with Gasteiger partial charge in [-0.25, -0.2) is 0 Å². The highest BCUT2D eigenvalue weighted by Gasteiger charge is 2.27. The van der Waals surface area contributed by atoms with Crippen molar-refractivity contribution in [1.29, 1.82) is 0 Å². The van der Waals surface area contributed by atoms with Gasteiger partial charge in [-0.3, -0.25) is 9.78 Å². The number of ketones is 1. The van der Waals surface area contributed by atoms with Gasteiger partial charge in [0.2, 0.25) is 0 Å². The van der Waals surface area contributed by atoms with Crippen LogP contribution in [0.2, 0.25) is 0 Å². The topological polar surface area (TPSA) is 67.0 Å². The van der Waals surface area contributed by atoms with Gasteiger partial charge in [0.25, 0.3) is 0 Å². The summed E-state index contributed by atoms with van der Waals surface area (Å²) >= 11 is 0. The molecule has 0 amide bonds. The molecule has 0 unspecified atom stereocenters. The second-order valence-corrected chi connectivity index (χ2v) is 6.10. The fraction of sp³-hybridized carbons (Fsp3) is 0.200. The van der Waals surface area contributed by atoms with Crippen LogP contribution in [0.15, 0.2) is 48.8 Å². The molecule has 5 heteroatoms. The molecule has 5 nitrogen and oxygen atoms in total. The Morgan fingerprint density at radius 1 is 1.16 bits per heavy atom. The molecule has 0 spiro atoms. The van der Waals surface area contributed by atoms with Crippen LogP contribution >= 0.6 is 0 Å². The Hall–Kier alpha value is -2.92. The van der Waals surface area contributed by atoms with Gasteiger partial charge >= 0.3 is 0 Å². The summed E-state index contributed by atoms with van der Waals surface area (Å²) < 4.78 is 5.48. The van der Waals surface area contributed by atoms with E-state index in [0.717, 1.165) is 28.1 Å². The van der Waals surface area contributed by atoms with E-state index in [0.29, 0.717) is 25.3 Å². The molecule has 1 aromatic carbocycles. The molecule has 1 aliphatic rings. The molecule has 0 radical (unpaired) electrons. The fourth-order valence-corrected chi connectivity index (χ4v) is 3.41. The minimum Gasteiger partial charge on any atom is -0.494 e. The van der Waals surface area contributed by atoms with Gasteiger partial charge in [-0.1, -0.05) is 30.3 Å². The van der Waals surface area contributed by atoms with E-state index in [2.05, 4.69) is 27.4 Å². The van der Waals surface area contributed by atoms with Crippen molar-refractivity contribution >= 4 is 5.78 Å². The number of nitrogens with zero attached hydrogens (tertiary/aromatic N) is 1. The van der Waals surface area contributed by atoms with Gasteiger partial charge in [-0.2, -0.15) is 0 Å². The molecule has 0 saturated heterocycles. The van der Waals surface area contributed by atoms with Crippen molar-refractivity contribution in [3.63, 3.8) is 0 Å². The fourth-order valence-electron chi connectivity index (χ4n) is 3.41. The normalized spacial score (nSPS) is 13.6. The SMILES string of the molecule is COc1cnccc1-c1[nH]c2c(c1Cc1ccccc1)C(=O)CNC2. The highest BCUT2D eigenvalue weighted by molar-refractivity contribution is 6.03. The molecule has 0 bridgehead atoms. The predicted octanol–water partition coefficient (Wildman–Crippen LogP) is 2.96. The molecule has 0 fully saturated rings. The predicted molar refractivity (Wildman–Crippen MR) is 95.9 cm³/mol. The number of ether oxygens (including phenoxy) is 1. The van der Waals surface area contributed by atoms with E-state index in [4.69, 9.17) is 4.74 Å². The van der Waals surface area contributed by atoms with Crippen LogP contribution in [0.3, 0.4) is 0 Å². The van der Waals surface area contributed by atoms with Gasteiger partial charge < -0.3 is 15.0 Å². The molecule has 0 atom stereocenters. The van der Waals surface area contributed by atoms with Crippen LogP contribution in [0.1, 0.15) is 27.2 Å². The lowest BCUT2D eigenvalue weighted by Gasteiger charge is -2.13. The average Bonchev–Trinajstić information content (AvgIpc) is 3.02. The number of aromatic nitrogens is 2. The van der Waals surface area contributed by atoms with Crippen molar-refractivity contribution in [3.8, 4) is 17.0 Å². The monoisotopic (exact) mass is 333 g/mol. The number of Topliss-reactive ketones (excluding diaryl/α,β-unsaturated/α-hetero) is 1. The van der Waals surface area contributed by atoms with Crippen LogP contribution < -0.4 is 10.1 Å². The molecular weight excluding hydrogens is 314 g/mol. The van der Waals surface area contributed by atoms with Gasteiger partial charge in [0, 0.05) is 36.0 Å². The van der Waals surface area contributed by atoms with E-state index < -0.39 is 0 Å². The number of H-pyrrole nitrogens is 1. The summed E-state index contributed by atoms with van der Waals surface area (Å²) in [5.74, 6) is 0.818. The lowest BCUT2D eigenvalue weighted by atomic mass is 9.94. The maximum atomic E-state index is 12.6. The van der Waals surface area contributed by atoms with Gasteiger partial charge in [0.05, 0.1) is 25.5 Å². The van der Waals surface area contributed by atoms with Gasteiger partial charge in [0.1, 0.15) is 5.75 Å². The minimum atomic E-state index is 0.128. The zero-order valence-electron chi connectivity index (χ0n) is 14.0. The number of carbonyl (C=O) groups is 1. The van der Waals surface area contributed by atoms with Crippen molar-refractivity contribution in [1.82, 2.24) is 15.3 Å². The first-order valence-electron chi connectivity index (χ1n) is 8.28. The third-order valence-corrected chi connectivity index (χ3v) is 4.54. The molecule has 126 valence electrons. The lowest BCUT2D eigenvalue weighted by Crippen LogP contribution is -2.29. The molecule has 4 rings (SSSR count). The van der Waals surface area contributed by atoms with Gasteiger partial charge in [-0.05, 0) is 17.2 Å². The van der Waals surface area contributed by atoms with Gasteiger partial charge in [0.15, 0.2) is 5.78 Å². The van der Waals surface area contributed by atoms with Crippen LogP contribution in [0.4, 0.5) is 0 Å².